The van der Waals surface area contributed by atoms with Crippen molar-refractivity contribution in [2.24, 2.45) is 0 Å². The van der Waals surface area contributed by atoms with Crippen molar-refractivity contribution in [2.75, 3.05) is 23.3 Å². The van der Waals surface area contributed by atoms with Crippen molar-refractivity contribution in [3.05, 3.63) is 59.0 Å². The number of carbonyl (C=O) groups is 1. The number of para-hydroxylation sites is 1. The van der Waals surface area contributed by atoms with Gasteiger partial charge in [0.05, 0.1) is 0 Å². The number of amides is 1. The van der Waals surface area contributed by atoms with Crippen molar-refractivity contribution in [1.82, 2.24) is 15.0 Å². The molecule has 3 aromatic rings. The minimum atomic E-state index is -0.431. The third-order valence-electron chi connectivity index (χ3n) is 5.02. The molecule has 1 amide bonds. The van der Waals surface area contributed by atoms with E-state index in [-0.39, 0.29) is 11.6 Å². The summed E-state index contributed by atoms with van der Waals surface area (Å²) in [5, 5.41) is 3.18. The van der Waals surface area contributed by atoms with Gasteiger partial charge in [-0.1, -0.05) is 11.6 Å². The van der Waals surface area contributed by atoms with Crippen LogP contribution in [0.2, 0.25) is 9.86 Å². The van der Waals surface area contributed by atoms with Crippen LogP contribution in [0.5, 0.6) is 0 Å². The first-order chi connectivity index (χ1) is 14.4. The van der Waals surface area contributed by atoms with Crippen LogP contribution < -0.4 is 10.2 Å². The molecule has 1 aliphatic rings. The molecule has 0 saturated carbocycles. The number of piperidine rings is 1. The Kier molecular flexibility index (Phi) is 6.11. The topological polar surface area (TPSA) is 73.9 Å². The Morgan fingerprint density at radius 2 is 2.20 bits per heavy atom. The zero-order chi connectivity index (χ0) is 21.3. The molecule has 0 spiro atoms. The molecule has 6 nitrogen and oxygen atoms in total. The molecular weight excluding hydrogens is 468 g/mol. The summed E-state index contributed by atoms with van der Waals surface area (Å²) in [4.78, 5) is 26.2. The minimum Gasteiger partial charge on any atom is -0.241 e. The SMILES string of the molecule is Cc1cc(-c2c[nH]c(C(=O)Nc3cccc(F)c3N3CCCC([AsH2])C3)n2)cc(Cl)n1. The fraction of sp³-hybridized carbons (Fsp3) is 0.286. The van der Waals surface area contributed by atoms with Crippen LogP contribution in [0.15, 0.2) is 36.5 Å². The molecule has 1 aliphatic heterocycles. The molecule has 1 saturated heterocycles. The smallest absolute Gasteiger partial charge is 0.241 e. The third kappa shape index (κ3) is 4.52. The molecule has 2 N–H and O–H groups in total. The Hall–Kier alpha value is -2.37. The van der Waals surface area contributed by atoms with Crippen LogP contribution in [0, 0.1) is 12.7 Å². The van der Waals surface area contributed by atoms with Gasteiger partial charge in [-0.15, -0.1) is 0 Å². The molecule has 9 heteroatoms. The molecule has 4 rings (SSSR count). The van der Waals surface area contributed by atoms with Crippen LogP contribution in [0.3, 0.4) is 0 Å². The summed E-state index contributed by atoms with van der Waals surface area (Å²) in [5.74, 6) is -0.628. The molecular formula is C21H22AsClFN5O. The molecule has 0 radical (unpaired) electrons. The average Bonchev–Trinajstić information content (AvgIpc) is 3.18. The van der Waals surface area contributed by atoms with Crippen molar-refractivity contribution in [3.8, 4) is 11.3 Å². The molecule has 0 bridgehead atoms. The Morgan fingerprint density at radius 1 is 1.37 bits per heavy atom. The summed E-state index contributed by atoms with van der Waals surface area (Å²) in [7, 11) is 0. The fourth-order valence-electron chi connectivity index (χ4n) is 3.69. The number of rotatable bonds is 4. The van der Waals surface area contributed by atoms with Gasteiger partial charge in [0, 0.05) is 5.69 Å². The van der Waals surface area contributed by atoms with Crippen LogP contribution in [0.4, 0.5) is 15.8 Å². The van der Waals surface area contributed by atoms with E-state index in [1.165, 1.54) is 6.07 Å². The van der Waals surface area contributed by atoms with Crippen molar-refractivity contribution >= 4 is 45.7 Å². The predicted molar refractivity (Wildman–Crippen MR) is 120 cm³/mol. The van der Waals surface area contributed by atoms with Crippen LogP contribution in [-0.2, 0) is 0 Å². The first kappa shape index (κ1) is 20.9. The molecule has 2 unspecified atom stereocenters. The Balaban J connectivity index is 1.58. The van der Waals surface area contributed by atoms with Crippen molar-refractivity contribution < 1.29 is 9.18 Å². The number of anilines is 2. The first-order valence-corrected chi connectivity index (χ1v) is 11.5. The normalized spacial score (nSPS) is 16.5. The first-order valence-electron chi connectivity index (χ1n) is 9.71. The van der Waals surface area contributed by atoms with Gasteiger partial charge >= 0.3 is 154 Å². The van der Waals surface area contributed by atoms with Gasteiger partial charge in [-0.25, -0.2) is 4.98 Å². The molecule has 3 heterocycles. The zero-order valence-electron chi connectivity index (χ0n) is 16.5. The van der Waals surface area contributed by atoms with Gasteiger partial charge in [0.15, 0.2) is 0 Å². The number of carbonyl (C=O) groups excluding carboxylic acids is 1. The van der Waals surface area contributed by atoms with Gasteiger partial charge in [-0.05, 0) is 6.92 Å². The van der Waals surface area contributed by atoms with Gasteiger partial charge in [0.25, 0.3) is 0 Å². The van der Waals surface area contributed by atoms with E-state index in [4.69, 9.17) is 11.6 Å². The number of nitrogens with one attached hydrogen (secondary N) is 2. The number of halogens is 2. The molecule has 156 valence electrons. The molecule has 1 aromatic carbocycles. The molecule has 2 aromatic heterocycles. The minimum absolute atomic E-state index is 0.140. The summed E-state index contributed by atoms with van der Waals surface area (Å²) in [6.45, 7) is 3.40. The van der Waals surface area contributed by atoms with Crippen LogP contribution in [-0.4, -0.2) is 50.8 Å². The number of hydrogen-bond donors (Lipinski definition) is 2. The van der Waals surface area contributed by atoms with Crippen molar-refractivity contribution in [3.63, 3.8) is 0 Å². The standard InChI is InChI=1S/C21H22AsClFN5O/c1-12-8-13(9-18(23)26-12)17-10-25-20(27-17)21(30)28-16-6-2-5-15(24)19(16)29-7-3-4-14(22)11-29/h2,5-6,8-10,14H,3-4,7,11,22H2,1H3,(H,25,27)(H,28,30). The number of aryl methyl sites for hydroxylation is 1. The molecule has 1 fully saturated rings. The van der Waals surface area contributed by atoms with Crippen molar-refractivity contribution in [1.29, 1.82) is 0 Å². The zero-order valence-corrected chi connectivity index (χ0v) is 19.6. The van der Waals surface area contributed by atoms with E-state index >= 15 is 0 Å². The summed E-state index contributed by atoms with van der Waals surface area (Å²) >= 11 is 7.69. The quantitative estimate of drug-likeness (QED) is 0.431. The number of imidazole rings is 1. The van der Waals surface area contributed by atoms with Gasteiger partial charge in [0.1, 0.15) is 5.15 Å². The number of aromatic nitrogens is 3. The maximum absolute atomic E-state index is 14.7. The monoisotopic (exact) mass is 489 g/mol. The van der Waals surface area contributed by atoms with Crippen LogP contribution in [0.1, 0.15) is 29.2 Å². The number of H-pyrrole nitrogens is 1. The Morgan fingerprint density at radius 3 is 2.97 bits per heavy atom. The summed E-state index contributed by atoms with van der Waals surface area (Å²) in [6.07, 6.45) is 3.81. The van der Waals surface area contributed by atoms with Gasteiger partial charge in [0.2, 0.25) is 0 Å². The number of aromatic amines is 1. The summed E-state index contributed by atoms with van der Waals surface area (Å²) in [5.41, 5.74) is 2.99. The second-order valence-electron chi connectivity index (χ2n) is 7.39. The molecule has 2 atom stereocenters. The summed E-state index contributed by atoms with van der Waals surface area (Å²) < 4.78 is 15.2. The van der Waals surface area contributed by atoms with E-state index in [1.54, 1.807) is 41.2 Å². The predicted octanol–water partition coefficient (Wildman–Crippen LogP) is 3.85. The van der Waals surface area contributed by atoms with E-state index in [1.807, 2.05) is 17.9 Å². The number of hydrogen-bond acceptors (Lipinski definition) is 4. The number of nitrogens with zero attached hydrogens (tertiary/aromatic N) is 3. The second kappa shape index (κ2) is 8.78. The van der Waals surface area contributed by atoms with Crippen LogP contribution in [0.25, 0.3) is 11.3 Å². The molecule has 30 heavy (non-hydrogen) atoms. The average molecular weight is 490 g/mol. The fourth-order valence-corrected chi connectivity index (χ4v) is 4.97. The van der Waals surface area contributed by atoms with Gasteiger partial charge in [-0.2, -0.15) is 0 Å². The Labute approximate surface area is 187 Å². The summed E-state index contributed by atoms with van der Waals surface area (Å²) in [6, 6.07) is 8.27. The Bertz CT molecular complexity index is 1070. The van der Waals surface area contributed by atoms with Gasteiger partial charge in [-0.3, -0.25) is 0 Å². The van der Waals surface area contributed by atoms with E-state index < -0.39 is 5.91 Å². The number of pyridine rings is 1. The number of benzene rings is 1. The second-order valence-corrected chi connectivity index (χ2v) is 9.76. The van der Waals surface area contributed by atoms with E-state index in [0.717, 1.165) is 37.2 Å². The van der Waals surface area contributed by atoms with Gasteiger partial charge < -0.3 is 0 Å². The van der Waals surface area contributed by atoms with E-state index in [9.17, 15) is 9.18 Å². The third-order valence-corrected chi connectivity index (χ3v) is 6.36. The molecule has 0 aliphatic carbocycles. The maximum atomic E-state index is 14.7. The van der Waals surface area contributed by atoms with Crippen molar-refractivity contribution in [2.45, 2.75) is 24.5 Å². The van der Waals surface area contributed by atoms with E-state index in [2.05, 4.69) is 20.3 Å². The van der Waals surface area contributed by atoms with Crippen LogP contribution >= 0.6 is 11.6 Å². The van der Waals surface area contributed by atoms with E-state index in [0.29, 0.717) is 26.9 Å².